The highest BCUT2D eigenvalue weighted by atomic mass is 79.9. The lowest BCUT2D eigenvalue weighted by atomic mass is 10.1. The van der Waals surface area contributed by atoms with Gasteiger partial charge in [-0.25, -0.2) is 15.0 Å². The molecule has 0 saturated heterocycles. The van der Waals surface area contributed by atoms with Gasteiger partial charge in [-0.3, -0.25) is 0 Å². The van der Waals surface area contributed by atoms with Crippen molar-refractivity contribution in [1.82, 2.24) is 15.0 Å². The van der Waals surface area contributed by atoms with Gasteiger partial charge in [0.05, 0.1) is 30.9 Å². The second-order valence-electron chi connectivity index (χ2n) is 11.4. The van der Waals surface area contributed by atoms with E-state index in [1.807, 2.05) is 24.3 Å². The zero-order valence-corrected chi connectivity index (χ0v) is 28.7. The summed E-state index contributed by atoms with van der Waals surface area (Å²) < 4.78 is 18.6. The largest absolute Gasteiger partial charge is 0.507 e. The molecule has 0 amide bonds. The monoisotopic (exact) mass is 669 g/mol. The van der Waals surface area contributed by atoms with E-state index in [0.717, 1.165) is 43.4 Å². The summed E-state index contributed by atoms with van der Waals surface area (Å²) in [7, 11) is 0. The van der Waals surface area contributed by atoms with E-state index >= 15 is 0 Å². The topological polar surface area (TPSA) is 86.6 Å². The molecule has 0 aliphatic carbocycles. The quantitative estimate of drug-likeness (QED) is 0.100. The lowest BCUT2D eigenvalue weighted by Crippen LogP contribution is -2.04. The number of phenolic OH excluding ortho intramolecular Hbond substituents is 1. The van der Waals surface area contributed by atoms with Gasteiger partial charge in [0.25, 0.3) is 0 Å². The number of nitrogens with zero attached hydrogens (tertiary/aromatic N) is 3. The molecule has 2 aromatic carbocycles. The first kappa shape index (κ1) is 35.6. The first-order chi connectivity index (χ1) is 21.5. The smallest absolute Gasteiger partial charge is 0.200 e. The molecular weight excluding hydrogens is 618 g/mol. The van der Waals surface area contributed by atoms with Crippen molar-refractivity contribution < 1.29 is 19.3 Å². The lowest BCUT2D eigenvalue weighted by Gasteiger charge is -2.14. The molecule has 44 heavy (non-hydrogen) atoms. The number of hydrogen-bond acceptors (Lipinski definition) is 7. The van der Waals surface area contributed by atoms with Gasteiger partial charge in [-0.15, -0.1) is 0 Å². The van der Waals surface area contributed by atoms with E-state index < -0.39 is 0 Å². The Labute approximate surface area is 273 Å². The molecule has 0 radical (unpaired) electrons. The standard InChI is InChI=1S/C36H52BrN3O4/c1-4-7-10-13-16-23-42-28-19-21-30(32(41)26-28)34-38-35(40-36(37)39-34)31-22-20-29(43-24-17-14-11-8-5-2)27-33(31)44-25-18-15-12-9-6-3/h19-22,26-27,41H,4-18,23-25H2,1-3H3. The Kier molecular flexibility index (Phi) is 17.0. The number of rotatable bonds is 23. The third kappa shape index (κ3) is 12.6. The molecule has 0 fully saturated rings. The maximum Gasteiger partial charge on any atom is 0.200 e. The Morgan fingerprint density at radius 1 is 0.545 bits per heavy atom. The average Bonchev–Trinajstić information content (AvgIpc) is 3.02. The van der Waals surface area contributed by atoms with Crippen LogP contribution >= 0.6 is 15.9 Å². The normalized spacial score (nSPS) is 11.1. The Morgan fingerprint density at radius 3 is 1.52 bits per heavy atom. The highest BCUT2D eigenvalue weighted by Crippen LogP contribution is 2.36. The van der Waals surface area contributed by atoms with E-state index in [1.54, 1.807) is 12.1 Å². The van der Waals surface area contributed by atoms with E-state index in [0.29, 0.717) is 53.3 Å². The van der Waals surface area contributed by atoms with Gasteiger partial charge in [-0.2, -0.15) is 0 Å². The summed E-state index contributed by atoms with van der Waals surface area (Å²) in [5, 5.41) is 10.9. The van der Waals surface area contributed by atoms with Crippen LogP contribution in [0.3, 0.4) is 0 Å². The number of halogens is 1. The summed E-state index contributed by atoms with van der Waals surface area (Å²) in [5.41, 5.74) is 1.26. The van der Waals surface area contributed by atoms with Crippen molar-refractivity contribution >= 4 is 15.9 Å². The molecule has 8 heteroatoms. The summed E-state index contributed by atoms with van der Waals surface area (Å²) in [5.74, 6) is 2.97. The number of hydrogen-bond donors (Lipinski definition) is 1. The molecule has 242 valence electrons. The maximum atomic E-state index is 10.9. The van der Waals surface area contributed by atoms with Crippen LogP contribution < -0.4 is 14.2 Å². The molecule has 3 aromatic rings. The van der Waals surface area contributed by atoms with Crippen LogP contribution in [-0.2, 0) is 0 Å². The number of aromatic nitrogens is 3. The summed E-state index contributed by atoms with van der Waals surface area (Å²) in [6, 6.07) is 11.1. The lowest BCUT2D eigenvalue weighted by molar-refractivity contribution is 0.290. The van der Waals surface area contributed by atoms with Crippen molar-refractivity contribution in [2.75, 3.05) is 19.8 Å². The van der Waals surface area contributed by atoms with Crippen LogP contribution in [0.2, 0.25) is 0 Å². The first-order valence-electron chi connectivity index (χ1n) is 16.8. The van der Waals surface area contributed by atoms with Crippen molar-refractivity contribution in [1.29, 1.82) is 0 Å². The number of ether oxygens (including phenoxy) is 3. The van der Waals surface area contributed by atoms with Crippen LogP contribution in [0, 0.1) is 0 Å². The maximum absolute atomic E-state index is 10.9. The summed E-state index contributed by atoms with van der Waals surface area (Å²) in [6.45, 7) is 8.57. The highest BCUT2D eigenvalue weighted by Gasteiger charge is 2.17. The molecule has 3 rings (SSSR count). The Morgan fingerprint density at radius 2 is 1.00 bits per heavy atom. The molecular formula is C36H52BrN3O4. The van der Waals surface area contributed by atoms with Gasteiger partial charge in [0.1, 0.15) is 23.0 Å². The molecule has 0 bridgehead atoms. The molecule has 1 aromatic heterocycles. The van der Waals surface area contributed by atoms with Crippen molar-refractivity contribution in [2.45, 2.75) is 117 Å². The van der Waals surface area contributed by atoms with Crippen LogP contribution in [0.1, 0.15) is 117 Å². The molecule has 0 atom stereocenters. The van der Waals surface area contributed by atoms with Crippen LogP contribution in [0.25, 0.3) is 22.8 Å². The molecule has 7 nitrogen and oxygen atoms in total. The highest BCUT2D eigenvalue weighted by molar-refractivity contribution is 9.10. The number of phenols is 1. The zero-order chi connectivity index (χ0) is 31.4. The SMILES string of the molecule is CCCCCCCOc1ccc(-c2nc(Br)nc(-c3ccc(OCCCCCCC)cc3OCCCCCCC)n2)c(O)c1. The first-order valence-corrected chi connectivity index (χ1v) is 17.6. The van der Waals surface area contributed by atoms with Gasteiger partial charge in [0, 0.05) is 12.1 Å². The van der Waals surface area contributed by atoms with Gasteiger partial charge in [-0.1, -0.05) is 97.8 Å². The fourth-order valence-electron chi connectivity index (χ4n) is 4.96. The Balaban J connectivity index is 1.76. The van der Waals surface area contributed by atoms with Crippen LogP contribution in [0.4, 0.5) is 0 Å². The molecule has 0 aliphatic rings. The number of benzene rings is 2. The van der Waals surface area contributed by atoms with Crippen LogP contribution in [0.15, 0.2) is 41.1 Å². The minimum Gasteiger partial charge on any atom is -0.507 e. The van der Waals surface area contributed by atoms with Crippen molar-refractivity contribution in [3.8, 4) is 45.8 Å². The van der Waals surface area contributed by atoms with E-state index in [2.05, 4.69) is 46.7 Å². The second kappa shape index (κ2) is 21.0. The van der Waals surface area contributed by atoms with E-state index in [-0.39, 0.29) is 5.75 Å². The average molecular weight is 671 g/mol. The third-order valence-electron chi connectivity index (χ3n) is 7.55. The minimum atomic E-state index is 0.0590. The predicted molar refractivity (Wildman–Crippen MR) is 183 cm³/mol. The van der Waals surface area contributed by atoms with E-state index in [9.17, 15) is 5.11 Å². The number of unbranched alkanes of at least 4 members (excludes halogenated alkanes) is 12. The summed E-state index contributed by atoms with van der Waals surface area (Å²) in [6.07, 6.45) is 17.6. The van der Waals surface area contributed by atoms with Crippen molar-refractivity contribution in [3.63, 3.8) is 0 Å². The summed E-state index contributed by atoms with van der Waals surface area (Å²) >= 11 is 3.46. The molecule has 0 aliphatic heterocycles. The fraction of sp³-hybridized carbons (Fsp3) is 0.583. The van der Waals surface area contributed by atoms with E-state index in [1.165, 1.54) is 64.2 Å². The van der Waals surface area contributed by atoms with Gasteiger partial charge >= 0.3 is 0 Å². The fourth-order valence-corrected chi connectivity index (χ4v) is 5.29. The number of aromatic hydroxyl groups is 1. The molecule has 1 N–H and O–H groups in total. The minimum absolute atomic E-state index is 0.0590. The second-order valence-corrected chi connectivity index (χ2v) is 12.1. The van der Waals surface area contributed by atoms with Gasteiger partial charge in [0.15, 0.2) is 11.6 Å². The molecule has 0 spiro atoms. The van der Waals surface area contributed by atoms with Crippen LogP contribution in [0.5, 0.6) is 23.0 Å². The Hall–Kier alpha value is -2.87. The molecule has 0 saturated carbocycles. The van der Waals surface area contributed by atoms with Crippen molar-refractivity contribution in [3.05, 3.63) is 41.1 Å². The van der Waals surface area contributed by atoms with E-state index in [4.69, 9.17) is 19.2 Å². The van der Waals surface area contributed by atoms with Crippen molar-refractivity contribution in [2.24, 2.45) is 0 Å². The van der Waals surface area contributed by atoms with Gasteiger partial charge in [-0.05, 0) is 59.5 Å². The third-order valence-corrected chi connectivity index (χ3v) is 7.91. The Bertz CT molecular complexity index is 1240. The summed E-state index contributed by atoms with van der Waals surface area (Å²) in [4.78, 5) is 13.8. The van der Waals surface area contributed by atoms with Gasteiger partial charge < -0.3 is 19.3 Å². The molecule has 0 unspecified atom stereocenters. The van der Waals surface area contributed by atoms with Gasteiger partial charge in [0.2, 0.25) is 4.73 Å². The predicted octanol–water partition coefficient (Wildman–Crippen LogP) is 10.7. The zero-order valence-electron chi connectivity index (χ0n) is 27.1. The van der Waals surface area contributed by atoms with Crippen LogP contribution in [-0.4, -0.2) is 39.9 Å². The molecule has 1 heterocycles.